The van der Waals surface area contributed by atoms with Gasteiger partial charge in [0.25, 0.3) is 5.91 Å². The van der Waals surface area contributed by atoms with Crippen LogP contribution in [-0.2, 0) is 13.1 Å². The number of nitrogens with zero attached hydrogens (tertiary/aromatic N) is 4. The van der Waals surface area contributed by atoms with E-state index in [0.717, 1.165) is 17.0 Å². The molecule has 1 aromatic carbocycles. The Kier molecular flexibility index (Phi) is 6.88. The number of nitrogens with one attached hydrogen (secondary N) is 1. The number of carbonyl (C=O) groups is 1. The van der Waals surface area contributed by atoms with E-state index in [1.165, 1.54) is 0 Å². The van der Waals surface area contributed by atoms with Gasteiger partial charge in [0, 0.05) is 18.7 Å². The molecule has 0 aliphatic carbocycles. The van der Waals surface area contributed by atoms with Gasteiger partial charge in [0.05, 0.1) is 28.6 Å². The second-order valence-corrected chi connectivity index (χ2v) is 7.98. The molecule has 0 spiro atoms. The van der Waals surface area contributed by atoms with Gasteiger partial charge in [0.15, 0.2) is 0 Å². The van der Waals surface area contributed by atoms with E-state index < -0.39 is 0 Å². The van der Waals surface area contributed by atoms with Crippen molar-refractivity contribution >= 4 is 40.7 Å². The quantitative estimate of drug-likeness (QED) is 0.520. The first-order valence-corrected chi connectivity index (χ1v) is 10.4. The van der Waals surface area contributed by atoms with Crippen molar-refractivity contribution in [1.29, 1.82) is 0 Å². The number of hydrogen-bond acceptors (Lipinski definition) is 3. The molecule has 0 unspecified atom stereocenters. The fourth-order valence-electron chi connectivity index (χ4n) is 2.98. The summed E-state index contributed by atoms with van der Waals surface area (Å²) in [5.41, 5.74) is 4.10. The van der Waals surface area contributed by atoms with E-state index in [0.29, 0.717) is 52.5 Å². The van der Waals surface area contributed by atoms with Crippen LogP contribution in [-0.4, -0.2) is 32.0 Å². The van der Waals surface area contributed by atoms with Crippen molar-refractivity contribution < 1.29 is 4.79 Å². The minimum atomic E-state index is -0.119. The van der Waals surface area contributed by atoms with Gasteiger partial charge in [-0.3, -0.25) is 14.2 Å². The highest BCUT2D eigenvalue weighted by atomic mass is 35.5. The van der Waals surface area contributed by atoms with Crippen molar-refractivity contribution in [2.24, 2.45) is 0 Å². The Morgan fingerprint density at radius 3 is 2.14 bits per heavy atom. The summed E-state index contributed by atoms with van der Waals surface area (Å²) in [6, 6.07) is 7.47. The molecule has 2 aromatic heterocycles. The topological polar surface area (TPSA) is 64.7 Å². The molecule has 3 rings (SSSR count). The zero-order valence-corrected chi connectivity index (χ0v) is 18.7. The van der Waals surface area contributed by atoms with Crippen LogP contribution in [0.2, 0.25) is 15.2 Å². The van der Waals surface area contributed by atoms with Gasteiger partial charge in [-0.25, -0.2) is 0 Å². The summed E-state index contributed by atoms with van der Waals surface area (Å²) in [5.74, 6) is -0.119. The molecule has 0 bridgehead atoms. The Bertz CT molecular complexity index is 1020. The molecule has 0 aliphatic heterocycles. The van der Waals surface area contributed by atoms with E-state index >= 15 is 0 Å². The average molecular weight is 455 g/mol. The van der Waals surface area contributed by atoms with Gasteiger partial charge in [0.1, 0.15) is 10.2 Å². The van der Waals surface area contributed by atoms with Gasteiger partial charge >= 0.3 is 0 Å². The normalized spacial score (nSPS) is 11.1. The van der Waals surface area contributed by atoms with E-state index in [4.69, 9.17) is 34.8 Å². The molecular weight excluding hydrogens is 433 g/mol. The Labute approximate surface area is 184 Å². The minimum Gasteiger partial charge on any atom is -0.352 e. The van der Waals surface area contributed by atoms with Crippen molar-refractivity contribution in [3.8, 4) is 0 Å². The number of halogens is 3. The Hall–Kier alpha value is -2.02. The lowest BCUT2D eigenvalue weighted by atomic mass is 10.1. The molecule has 154 valence electrons. The fourth-order valence-corrected chi connectivity index (χ4v) is 3.51. The molecular formula is C20H22Cl3N5O. The third-order valence-electron chi connectivity index (χ3n) is 4.67. The number of benzene rings is 1. The average Bonchev–Trinajstić information content (AvgIpc) is 3.09. The van der Waals surface area contributed by atoms with Crippen LogP contribution >= 0.6 is 34.8 Å². The summed E-state index contributed by atoms with van der Waals surface area (Å²) in [5, 5.41) is 13.2. The number of carbonyl (C=O) groups excluding carboxylic acids is 1. The van der Waals surface area contributed by atoms with Crippen LogP contribution in [0.1, 0.15) is 39.4 Å². The van der Waals surface area contributed by atoms with E-state index in [2.05, 4.69) is 15.5 Å². The van der Waals surface area contributed by atoms with Crippen LogP contribution in [0.25, 0.3) is 0 Å². The van der Waals surface area contributed by atoms with E-state index in [1.807, 2.05) is 42.8 Å². The van der Waals surface area contributed by atoms with Gasteiger partial charge in [-0.05, 0) is 44.9 Å². The second kappa shape index (κ2) is 9.20. The van der Waals surface area contributed by atoms with Crippen molar-refractivity contribution in [3.05, 3.63) is 67.7 Å². The zero-order chi connectivity index (χ0) is 21.1. The monoisotopic (exact) mass is 453 g/mol. The molecule has 29 heavy (non-hydrogen) atoms. The van der Waals surface area contributed by atoms with Crippen molar-refractivity contribution in [3.63, 3.8) is 0 Å². The van der Waals surface area contributed by atoms with E-state index in [-0.39, 0.29) is 5.91 Å². The van der Waals surface area contributed by atoms with Crippen molar-refractivity contribution in [2.45, 2.75) is 40.3 Å². The first kappa shape index (κ1) is 21.7. The second-order valence-electron chi connectivity index (χ2n) is 6.86. The first-order chi connectivity index (χ1) is 13.8. The molecule has 6 nitrogen and oxygen atoms in total. The first-order valence-electron chi connectivity index (χ1n) is 9.23. The lowest BCUT2D eigenvalue weighted by Gasteiger charge is -2.08. The number of hydrogen-bond donors (Lipinski definition) is 1. The van der Waals surface area contributed by atoms with Crippen LogP contribution in [0.4, 0.5) is 0 Å². The van der Waals surface area contributed by atoms with Gasteiger partial charge < -0.3 is 5.32 Å². The van der Waals surface area contributed by atoms with Gasteiger partial charge in [-0.1, -0.05) is 46.9 Å². The summed E-state index contributed by atoms with van der Waals surface area (Å²) in [4.78, 5) is 12.3. The summed E-state index contributed by atoms with van der Waals surface area (Å²) in [7, 11) is 0. The molecule has 0 saturated carbocycles. The van der Waals surface area contributed by atoms with Crippen LogP contribution in [0.5, 0.6) is 0 Å². The third kappa shape index (κ3) is 4.94. The number of rotatable bonds is 7. The molecule has 3 aromatic rings. The summed E-state index contributed by atoms with van der Waals surface area (Å²) in [6.07, 6.45) is 0.694. The van der Waals surface area contributed by atoms with Gasteiger partial charge in [-0.2, -0.15) is 10.2 Å². The fraction of sp³-hybridized carbons (Fsp3) is 0.350. The Balaban J connectivity index is 1.51. The lowest BCUT2D eigenvalue weighted by Crippen LogP contribution is -2.25. The highest BCUT2D eigenvalue weighted by Crippen LogP contribution is 2.25. The summed E-state index contributed by atoms with van der Waals surface area (Å²) < 4.78 is 3.51. The molecule has 0 saturated heterocycles. The van der Waals surface area contributed by atoms with Crippen LogP contribution in [0.15, 0.2) is 24.3 Å². The highest BCUT2D eigenvalue weighted by molar-refractivity contribution is 6.41. The Morgan fingerprint density at radius 2 is 1.59 bits per heavy atom. The molecule has 0 atom stereocenters. The lowest BCUT2D eigenvalue weighted by molar-refractivity contribution is 0.0952. The zero-order valence-electron chi connectivity index (χ0n) is 16.5. The minimum absolute atomic E-state index is 0.119. The standard InChI is InChI=1S/C20H22Cl3N5O/c1-12-17(21)14(3)28(26-12)11-15-5-7-16(8-6-15)20(29)24-9-4-10-27-19(23)18(22)13(2)25-27/h5-8H,4,9-11H2,1-3H3,(H,24,29). The summed E-state index contributed by atoms with van der Waals surface area (Å²) in [6.45, 7) is 7.33. The molecule has 9 heteroatoms. The molecule has 1 amide bonds. The molecule has 2 heterocycles. The Morgan fingerprint density at radius 1 is 0.966 bits per heavy atom. The van der Waals surface area contributed by atoms with Crippen LogP contribution in [0.3, 0.4) is 0 Å². The molecule has 1 N–H and O–H groups in total. The molecule has 0 fully saturated rings. The predicted octanol–water partition coefficient (Wildman–Crippen LogP) is 4.83. The molecule has 0 aliphatic rings. The maximum absolute atomic E-state index is 12.3. The van der Waals surface area contributed by atoms with Crippen molar-refractivity contribution in [2.75, 3.05) is 6.54 Å². The van der Waals surface area contributed by atoms with Crippen LogP contribution in [0, 0.1) is 20.8 Å². The number of amides is 1. The van der Waals surface area contributed by atoms with Crippen molar-refractivity contribution in [1.82, 2.24) is 24.9 Å². The summed E-state index contributed by atoms with van der Waals surface area (Å²) >= 11 is 18.3. The highest BCUT2D eigenvalue weighted by Gasteiger charge is 2.12. The van der Waals surface area contributed by atoms with Gasteiger partial charge in [0.2, 0.25) is 0 Å². The largest absolute Gasteiger partial charge is 0.352 e. The van der Waals surface area contributed by atoms with E-state index in [1.54, 1.807) is 11.6 Å². The molecule has 0 radical (unpaired) electrons. The SMILES string of the molecule is Cc1nn(Cc2ccc(C(=O)NCCCn3nc(C)c(Cl)c3Cl)cc2)c(C)c1Cl. The van der Waals surface area contributed by atoms with E-state index in [9.17, 15) is 4.79 Å². The maximum atomic E-state index is 12.3. The number of aryl methyl sites for hydroxylation is 3. The van der Waals surface area contributed by atoms with Crippen LogP contribution < -0.4 is 5.32 Å². The van der Waals surface area contributed by atoms with Gasteiger partial charge in [-0.15, -0.1) is 0 Å². The number of aromatic nitrogens is 4. The third-order valence-corrected chi connectivity index (χ3v) is 6.15. The smallest absolute Gasteiger partial charge is 0.251 e. The maximum Gasteiger partial charge on any atom is 0.251 e. The predicted molar refractivity (Wildman–Crippen MR) is 116 cm³/mol.